The zero-order valence-electron chi connectivity index (χ0n) is 6.53. The van der Waals surface area contributed by atoms with Gasteiger partial charge in [0.05, 0.1) is 5.57 Å². The molecule has 0 aromatic carbocycles. The van der Waals surface area contributed by atoms with Crippen molar-refractivity contribution in [3.8, 4) is 0 Å². The summed E-state index contributed by atoms with van der Waals surface area (Å²) in [5.41, 5.74) is 0.534. The van der Waals surface area contributed by atoms with Gasteiger partial charge in [-0.15, -0.1) is 0 Å². The third-order valence-corrected chi connectivity index (χ3v) is 2.05. The molecule has 0 radical (unpaired) electrons. The molecule has 1 aliphatic carbocycles. The van der Waals surface area contributed by atoms with Crippen LogP contribution >= 0.6 is 0 Å². The van der Waals surface area contributed by atoms with E-state index in [2.05, 4.69) is 5.32 Å². The number of allylic oxidation sites excluding steroid dienone is 3. The van der Waals surface area contributed by atoms with E-state index in [1.807, 2.05) is 0 Å². The van der Waals surface area contributed by atoms with Gasteiger partial charge in [-0.05, 0) is 6.08 Å². The predicted octanol–water partition coefficient (Wildman–Crippen LogP) is -0.487. The van der Waals surface area contributed by atoms with Gasteiger partial charge in [-0.25, -0.2) is 4.79 Å². The fraction of sp³-hybridized carbons (Fsp3) is 0.111. The maximum Gasteiger partial charge on any atom is 0.254 e. The van der Waals surface area contributed by atoms with E-state index in [0.717, 1.165) is 0 Å². The molecule has 4 heteroatoms. The lowest BCUT2D eigenvalue weighted by molar-refractivity contribution is -0.125. The highest BCUT2D eigenvalue weighted by molar-refractivity contribution is 6.17. The number of rotatable bonds is 0. The van der Waals surface area contributed by atoms with E-state index < -0.39 is 17.7 Å². The van der Waals surface area contributed by atoms with Crippen LogP contribution in [0.25, 0.3) is 0 Å². The van der Waals surface area contributed by atoms with Crippen molar-refractivity contribution in [1.82, 2.24) is 5.32 Å². The van der Waals surface area contributed by atoms with Gasteiger partial charge in [0.1, 0.15) is 11.9 Å². The Morgan fingerprint density at radius 2 is 2.15 bits per heavy atom. The van der Waals surface area contributed by atoms with Crippen LogP contribution in [-0.4, -0.2) is 17.8 Å². The summed E-state index contributed by atoms with van der Waals surface area (Å²) in [7, 11) is 0. The summed E-state index contributed by atoms with van der Waals surface area (Å²) in [5.74, 6) is 0.0421. The molecule has 0 aromatic rings. The molecule has 2 amide bonds. The van der Waals surface area contributed by atoms with Crippen LogP contribution in [0.4, 0.5) is 0 Å². The van der Waals surface area contributed by atoms with E-state index in [-0.39, 0.29) is 5.57 Å². The molecule has 1 N–H and O–H groups in total. The molecule has 1 aliphatic heterocycles. The third kappa shape index (κ3) is 0.965. The van der Waals surface area contributed by atoms with Crippen LogP contribution in [-0.2, 0) is 14.4 Å². The van der Waals surface area contributed by atoms with Crippen LogP contribution in [0.5, 0.6) is 0 Å². The van der Waals surface area contributed by atoms with Crippen LogP contribution < -0.4 is 5.32 Å². The Labute approximate surface area is 73.6 Å². The van der Waals surface area contributed by atoms with E-state index in [0.29, 0.717) is 5.57 Å². The van der Waals surface area contributed by atoms with Gasteiger partial charge >= 0.3 is 0 Å². The minimum absolute atomic E-state index is 0.209. The van der Waals surface area contributed by atoms with Crippen LogP contribution in [0.2, 0.25) is 0 Å². The first kappa shape index (κ1) is 7.71. The number of hydrogen-bond acceptors (Lipinski definition) is 3. The molecule has 2 rings (SSSR count). The first-order valence-electron chi connectivity index (χ1n) is 3.72. The number of hydrogen-bond donors (Lipinski definition) is 1. The largest absolute Gasteiger partial charge is 0.292 e. The smallest absolute Gasteiger partial charge is 0.254 e. The van der Waals surface area contributed by atoms with Gasteiger partial charge in [-0.1, -0.05) is 12.2 Å². The SMILES string of the molecule is O=C=C1C=CC=C2C(=O)NC(=O)C12. The lowest BCUT2D eigenvalue weighted by Gasteiger charge is -2.08. The molecule has 4 nitrogen and oxygen atoms in total. The number of carbonyl (C=O) groups excluding carboxylic acids is 3. The van der Waals surface area contributed by atoms with Crippen LogP contribution in [0, 0.1) is 5.92 Å². The highest BCUT2D eigenvalue weighted by atomic mass is 16.2. The number of amides is 2. The Morgan fingerprint density at radius 1 is 1.38 bits per heavy atom. The molecule has 64 valence electrons. The first-order chi connectivity index (χ1) is 6.24. The van der Waals surface area contributed by atoms with Gasteiger partial charge in [0.2, 0.25) is 5.91 Å². The van der Waals surface area contributed by atoms with Crippen molar-refractivity contribution in [2.24, 2.45) is 5.92 Å². The Morgan fingerprint density at radius 3 is 2.85 bits per heavy atom. The van der Waals surface area contributed by atoms with Crippen molar-refractivity contribution >= 4 is 17.8 Å². The lowest BCUT2D eigenvalue weighted by Crippen LogP contribution is -2.22. The first-order valence-corrected chi connectivity index (χ1v) is 3.72. The summed E-state index contributed by atoms with van der Waals surface area (Å²) in [4.78, 5) is 32.7. The highest BCUT2D eigenvalue weighted by Crippen LogP contribution is 2.28. The normalized spacial score (nSPS) is 25.1. The van der Waals surface area contributed by atoms with Crippen molar-refractivity contribution in [2.75, 3.05) is 0 Å². The van der Waals surface area contributed by atoms with Crippen LogP contribution in [0.15, 0.2) is 29.4 Å². The topological polar surface area (TPSA) is 63.2 Å². The molecule has 0 aromatic heterocycles. The molecular formula is C9H5NO3. The molecule has 1 unspecified atom stereocenters. The average Bonchev–Trinajstić information content (AvgIpc) is 2.43. The standard InChI is InChI=1S/C9H5NO3/c11-4-5-2-1-3-6-7(5)9(13)10-8(6)12/h1-3,7H,(H,10,12,13). The van der Waals surface area contributed by atoms with Gasteiger partial charge in [0.25, 0.3) is 5.91 Å². The Hall–Kier alpha value is -1.93. The van der Waals surface area contributed by atoms with Crippen molar-refractivity contribution in [3.05, 3.63) is 29.4 Å². The minimum atomic E-state index is -0.741. The minimum Gasteiger partial charge on any atom is -0.292 e. The zero-order valence-corrected chi connectivity index (χ0v) is 6.53. The molecular weight excluding hydrogens is 170 g/mol. The Balaban J connectivity index is 2.56. The summed E-state index contributed by atoms with van der Waals surface area (Å²) in [6, 6.07) is 0. The molecule has 1 fully saturated rings. The summed E-state index contributed by atoms with van der Waals surface area (Å²) in [6.45, 7) is 0. The molecule has 13 heavy (non-hydrogen) atoms. The number of carbonyl (C=O) groups is 2. The second-order valence-electron chi connectivity index (χ2n) is 2.79. The van der Waals surface area contributed by atoms with Gasteiger partial charge in [-0.2, -0.15) is 0 Å². The summed E-state index contributed by atoms with van der Waals surface area (Å²) in [6.07, 6.45) is 4.58. The maximum atomic E-state index is 11.2. The second-order valence-corrected chi connectivity index (χ2v) is 2.79. The highest BCUT2D eigenvalue weighted by Gasteiger charge is 2.39. The molecule has 2 aliphatic rings. The van der Waals surface area contributed by atoms with Crippen molar-refractivity contribution in [2.45, 2.75) is 0 Å². The molecule has 0 spiro atoms. The number of nitrogens with one attached hydrogen (secondary N) is 1. The van der Waals surface area contributed by atoms with E-state index >= 15 is 0 Å². The summed E-state index contributed by atoms with van der Waals surface area (Å²) in [5, 5.41) is 2.14. The number of imide groups is 1. The summed E-state index contributed by atoms with van der Waals surface area (Å²) < 4.78 is 0. The third-order valence-electron chi connectivity index (χ3n) is 2.05. The molecule has 1 heterocycles. The van der Waals surface area contributed by atoms with Crippen molar-refractivity contribution in [1.29, 1.82) is 0 Å². The fourth-order valence-electron chi connectivity index (χ4n) is 1.45. The van der Waals surface area contributed by atoms with Gasteiger partial charge < -0.3 is 0 Å². The van der Waals surface area contributed by atoms with Gasteiger partial charge in [0, 0.05) is 5.57 Å². The fourth-order valence-corrected chi connectivity index (χ4v) is 1.45. The van der Waals surface area contributed by atoms with Crippen LogP contribution in [0.3, 0.4) is 0 Å². The second kappa shape index (κ2) is 2.54. The lowest BCUT2D eigenvalue weighted by atomic mass is 9.90. The molecule has 0 bridgehead atoms. The predicted molar refractivity (Wildman–Crippen MR) is 43.1 cm³/mol. The average molecular weight is 175 g/mol. The van der Waals surface area contributed by atoms with E-state index in [1.165, 1.54) is 12.2 Å². The molecule has 1 atom stereocenters. The maximum absolute atomic E-state index is 11.2. The van der Waals surface area contributed by atoms with Crippen molar-refractivity contribution in [3.63, 3.8) is 0 Å². The monoisotopic (exact) mass is 175 g/mol. The van der Waals surface area contributed by atoms with E-state index in [9.17, 15) is 14.4 Å². The quantitative estimate of drug-likeness (QED) is 0.399. The summed E-state index contributed by atoms with van der Waals surface area (Å²) >= 11 is 0. The van der Waals surface area contributed by atoms with Gasteiger partial charge in [0.15, 0.2) is 0 Å². The molecule has 0 saturated carbocycles. The van der Waals surface area contributed by atoms with Crippen molar-refractivity contribution < 1.29 is 14.4 Å². The van der Waals surface area contributed by atoms with Crippen LogP contribution in [0.1, 0.15) is 0 Å². The van der Waals surface area contributed by atoms with E-state index in [4.69, 9.17) is 0 Å². The Bertz CT molecular complexity index is 411. The Kier molecular flexibility index (Phi) is 1.50. The van der Waals surface area contributed by atoms with E-state index in [1.54, 1.807) is 12.0 Å². The zero-order chi connectivity index (χ0) is 9.42. The number of fused-ring (bicyclic) bond motifs is 1. The van der Waals surface area contributed by atoms with Gasteiger partial charge in [-0.3, -0.25) is 14.9 Å². The molecule has 1 saturated heterocycles.